The van der Waals surface area contributed by atoms with Crippen LogP contribution in [0.2, 0.25) is 0 Å². The molecule has 17 heavy (non-hydrogen) atoms. The van der Waals surface area contributed by atoms with Gasteiger partial charge in [-0.05, 0) is 38.3 Å². The lowest BCUT2D eigenvalue weighted by Gasteiger charge is -2.20. The zero-order valence-corrected chi connectivity index (χ0v) is 10.4. The van der Waals surface area contributed by atoms with Gasteiger partial charge in [0.1, 0.15) is 11.6 Å². The number of benzene rings is 1. The topological polar surface area (TPSA) is 55.5 Å². The Morgan fingerprint density at radius 3 is 2.82 bits per heavy atom. The number of nitrogens with two attached hydrogens (primary N) is 1. The second-order valence-corrected chi connectivity index (χ2v) is 4.56. The van der Waals surface area contributed by atoms with Crippen LogP contribution in [0.15, 0.2) is 18.2 Å². The van der Waals surface area contributed by atoms with Gasteiger partial charge in [-0.15, -0.1) is 0 Å². The molecule has 1 rings (SSSR count). The van der Waals surface area contributed by atoms with Crippen LogP contribution in [0.5, 0.6) is 5.75 Å². The summed E-state index contributed by atoms with van der Waals surface area (Å²) in [6.45, 7) is 4.23. The van der Waals surface area contributed by atoms with Crippen molar-refractivity contribution in [3.8, 4) is 5.75 Å². The predicted octanol–water partition coefficient (Wildman–Crippen LogP) is 2.00. The van der Waals surface area contributed by atoms with Crippen LogP contribution < -0.4 is 10.5 Å². The summed E-state index contributed by atoms with van der Waals surface area (Å²) < 4.78 is 18.4. The first-order valence-corrected chi connectivity index (χ1v) is 5.76. The minimum absolute atomic E-state index is 0.228. The monoisotopic (exact) mass is 241 g/mol. The number of hydrogen-bond acceptors (Lipinski definition) is 3. The van der Waals surface area contributed by atoms with E-state index in [9.17, 15) is 9.50 Å². The molecular weight excluding hydrogens is 221 g/mol. The molecule has 1 atom stereocenters. The summed E-state index contributed by atoms with van der Waals surface area (Å²) in [6.07, 6.45) is 1.25. The lowest BCUT2D eigenvalue weighted by molar-refractivity contribution is 0.0535. The molecule has 3 nitrogen and oxygen atoms in total. The molecule has 0 amide bonds. The maximum atomic E-state index is 13.0. The van der Waals surface area contributed by atoms with Crippen molar-refractivity contribution in [2.24, 2.45) is 5.73 Å². The van der Waals surface area contributed by atoms with Crippen molar-refractivity contribution >= 4 is 0 Å². The molecule has 96 valence electrons. The highest BCUT2D eigenvalue weighted by molar-refractivity contribution is 5.32. The van der Waals surface area contributed by atoms with E-state index in [-0.39, 0.29) is 12.4 Å². The van der Waals surface area contributed by atoms with Gasteiger partial charge in [0.05, 0.1) is 12.2 Å². The van der Waals surface area contributed by atoms with Gasteiger partial charge < -0.3 is 15.6 Å². The average molecular weight is 241 g/mol. The third-order valence-corrected chi connectivity index (χ3v) is 2.71. The molecule has 0 heterocycles. The van der Waals surface area contributed by atoms with Gasteiger partial charge in [-0.2, -0.15) is 0 Å². The van der Waals surface area contributed by atoms with E-state index in [0.29, 0.717) is 25.2 Å². The van der Waals surface area contributed by atoms with Gasteiger partial charge in [0.15, 0.2) is 0 Å². The average Bonchev–Trinajstić information content (AvgIpc) is 2.29. The Morgan fingerprint density at radius 2 is 2.18 bits per heavy atom. The molecule has 0 aliphatic rings. The van der Waals surface area contributed by atoms with E-state index >= 15 is 0 Å². The Labute approximate surface area is 101 Å². The van der Waals surface area contributed by atoms with E-state index in [4.69, 9.17) is 10.5 Å². The molecule has 0 radical (unpaired) electrons. The summed E-state index contributed by atoms with van der Waals surface area (Å²) in [5, 5.41) is 9.68. The maximum Gasteiger partial charge on any atom is 0.126 e. The molecule has 0 aromatic heterocycles. The van der Waals surface area contributed by atoms with Crippen molar-refractivity contribution in [3.63, 3.8) is 0 Å². The standard InChI is InChI=1S/C13H20FNO2/c1-10-4-5-11(14)8-12(10)17-7-3-6-13(2,16)9-15/h4-5,8,16H,3,6-7,9,15H2,1-2H3. The number of halogens is 1. The van der Waals surface area contributed by atoms with Crippen molar-refractivity contribution in [3.05, 3.63) is 29.6 Å². The van der Waals surface area contributed by atoms with Crippen LogP contribution in [0.3, 0.4) is 0 Å². The third-order valence-electron chi connectivity index (χ3n) is 2.71. The molecule has 0 fully saturated rings. The highest BCUT2D eigenvalue weighted by Gasteiger charge is 2.17. The normalized spacial score (nSPS) is 14.4. The van der Waals surface area contributed by atoms with Gasteiger partial charge in [-0.3, -0.25) is 0 Å². The van der Waals surface area contributed by atoms with Gasteiger partial charge >= 0.3 is 0 Å². The first-order valence-electron chi connectivity index (χ1n) is 5.76. The molecule has 3 N–H and O–H groups in total. The Kier molecular flexibility index (Phi) is 4.90. The smallest absolute Gasteiger partial charge is 0.126 e. The fourth-order valence-electron chi connectivity index (χ4n) is 1.47. The second kappa shape index (κ2) is 5.98. The van der Waals surface area contributed by atoms with Crippen LogP contribution in [0, 0.1) is 12.7 Å². The van der Waals surface area contributed by atoms with Crippen LogP contribution in [0.1, 0.15) is 25.3 Å². The minimum Gasteiger partial charge on any atom is -0.493 e. The highest BCUT2D eigenvalue weighted by Crippen LogP contribution is 2.19. The predicted molar refractivity (Wildman–Crippen MR) is 65.5 cm³/mol. The summed E-state index contributed by atoms with van der Waals surface area (Å²) in [5.41, 5.74) is 5.46. The third kappa shape index (κ3) is 4.71. The number of hydrogen-bond donors (Lipinski definition) is 2. The van der Waals surface area contributed by atoms with Crippen LogP contribution in [0.4, 0.5) is 4.39 Å². The van der Waals surface area contributed by atoms with Crippen molar-refractivity contribution in [1.29, 1.82) is 0 Å². The molecule has 0 saturated heterocycles. The molecule has 0 bridgehead atoms. The van der Waals surface area contributed by atoms with E-state index in [1.165, 1.54) is 12.1 Å². The van der Waals surface area contributed by atoms with Gasteiger partial charge in [-0.25, -0.2) is 4.39 Å². The number of aliphatic hydroxyl groups is 1. The van der Waals surface area contributed by atoms with Crippen molar-refractivity contribution < 1.29 is 14.2 Å². The fraction of sp³-hybridized carbons (Fsp3) is 0.538. The summed E-state index contributed by atoms with van der Waals surface area (Å²) >= 11 is 0. The van der Waals surface area contributed by atoms with E-state index < -0.39 is 5.60 Å². The van der Waals surface area contributed by atoms with E-state index in [0.717, 1.165) is 5.56 Å². The van der Waals surface area contributed by atoms with Gasteiger partial charge in [0.25, 0.3) is 0 Å². The zero-order valence-electron chi connectivity index (χ0n) is 10.4. The number of aryl methyl sites for hydroxylation is 1. The van der Waals surface area contributed by atoms with Crippen LogP contribution in [-0.2, 0) is 0 Å². The van der Waals surface area contributed by atoms with Crippen molar-refractivity contribution in [2.45, 2.75) is 32.3 Å². The molecule has 0 aliphatic carbocycles. The first kappa shape index (κ1) is 13.9. The van der Waals surface area contributed by atoms with E-state index in [1.807, 2.05) is 6.92 Å². The molecule has 0 aliphatic heterocycles. The minimum atomic E-state index is -0.847. The zero-order chi connectivity index (χ0) is 12.9. The molecule has 0 saturated carbocycles. The molecule has 1 aromatic carbocycles. The van der Waals surface area contributed by atoms with E-state index in [2.05, 4.69) is 0 Å². The highest BCUT2D eigenvalue weighted by atomic mass is 19.1. The first-order chi connectivity index (χ1) is 7.94. The summed E-state index contributed by atoms with van der Waals surface area (Å²) in [7, 11) is 0. The Hall–Kier alpha value is -1.13. The quantitative estimate of drug-likeness (QED) is 0.749. The van der Waals surface area contributed by atoms with E-state index in [1.54, 1.807) is 13.0 Å². The fourth-order valence-corrected chi connectivity index (χ4v) is 1.47. The molecule has 4 heteroatoms. The van der Waals surface area contributed by atoms with Crippen LogP contribution in [-0.4, -0.2) is 23.9 Å². The maximum absolute atomic E-state index is 13.0. The lowest BCUT2D eigenvalue weighted by Crippen LogP contribution is -2.34. The SMILES string of the molecule is Cc1ccc(F)cc1OCCCC(C)(O)CN. The second-order valence-electron chi connectivity index (χ2n) is 4.56. The van der Waals surface area contributed by atoms with Crippen molar-refractivity contribution in [2.75, 3.05) is 13.2 Å². The Bertz CT molecular complexity index is 366. The lowest BCUT2D eigenvalue weighted by atomic mass is 10.0. The molecule has 0 spiro atoms. The number of rotatable bonds is 6. The largest absolute Gasteiger partial charge is 0.493 e. The van der Waals surface area contributed by atoms with Crippen molar-refractivity contribution in [1.82, 2.24) is 0 Å². The van der Waals surface area contributed by atoms with Gasteiger partial charge in [0.2, 0.25) is 0 Å². The summed E-state index contributed by atoms with van der Waals surface area (Å²) in [5.74, 6) is 0.247. The van der Waals surface area contributed by atoms with Crippen LogP contribution >= 0.6 is 0 Å². The van der Waals surface area contributed by atoms with Crippen LogP contribution in [0.25, 0.3) is 0 Å². The number of ether oxygens (including phenoxy) is 1. The summed E-state index contributed by atoms with van der Waals surface area (Å²) in [4.78, 5) is 0. The molecular formula is C13H20FNO2. The summed E-state index contributed by atoms with van der Waals surface area (Å²) in [6, 6.07) is 4.46. The Morgan fingerprint density at radius 1 is 1.47 bits per heavy atom. The van der Waals surface area contributed by atoms with Gasteiger partial charge in [-0.1, -0.05) is 6.07 Å². The molecule has 1 aromatic rings. The molecule has 1 unspecified atom stereocenters. The van der Waals surface area contributed by atoms with Gasteiger partial charge in [0, 0.05) is 12.6 Å². The Balaban J connectivity index is 2.38.